The van der Waals surface area contributed by atoms with Gasteiger partial charge in [0.1, 0.15) is 0 Å². The molecule has 0 aromatic rings. The molecule has 0 unspecified atom stereocenters. The normalized spacial score (nSPS) is 22.7. The average Bonchev–Trinajstić information content (AvgIpc) is 2.08. The lowest BCUT2D eigenvalue weighted by Gasteiger charge is -2.38. The van der Waals surface area contributed by atoms with E-state index < -0.39 is 0 Å². The number of carbonyl (C=O) groups is 1. The Labute approximate surface area is 79.7 Å². The quantitative estimate of drug-likeness (QED) is 0.433. The Bertz CT molecular complexity index is 182. The Morgan fingerprint density at radius 1 is 1.38 bits per heavy atom. The fraction of sp³-hybridized carbons (Fsp3) is 0.889. The van der Waals surface area contributed by atoms with E-state index in [1.165, 1.54) is 7.11 Å². The predicted molar refractivity (Wildman–Crippen MR) is 50.3 cm³/mol. The van der Waals surface area contributed by atoms with E-state index in [1.807, 2.05) is 0 Å². The largest absolute Gasteiger partial charge is 0.468 e. The van der Waals surface area contributed by atoms with Gasteiger partial charge in [-0.05, 0) is 0 Å². The SMILES string of the molecule is COC(=O)CN1CC[N+](C)(C)CC1. The first-order valence-corrected chi connectivity index (χ1v) is 4.65. The number of hydrogen-bond acceptors (Lipinski definition) is 3. The lowest BCUT2D eigenvalue weighted by molar-refractivity contribution is -0.894. The van der Waals surface area contributed by atoms with Gasteiger partial charge in [0.15, 0.2) is 0 Å². The van der Waals surface area contributed by atoms with Gasteiger partial charge in [0.05, 0.1) is 40.8 Å². The van der Waals surface area contributed by atoms with E-state index in [2.05, 4.69) is 23.7 Å². The molecule has 0 saturated carbocycles. The minimum Gasteiger partial charge on any atom is -0.468 e. The summed E-state index contributed by atoms with van der Waals surface area (Å²) in [7, 11) is 5.87. The molecule has 0 amide bonds. The number of esters is 1. The number of ether oxygens (including phenoxy) is 1. The number of piperazine rings is 1. The molecule has 0 aromatic carbocycles. The molecule has 0 aliphatic carbocycles. The van der Waals surface area contributed by atoms with Gasteiger partial charge in [-0.25, -0.2) is 0 Å². The molecule has 0 bridgehead atoms. The van der Waals surface area contributed by atoms with E-state index in [-0.39, 0.29) is 5.97 Å². The molecule has 4 heteroatoms. The fourth-order valence-electron chi connectivity index (χ4n) is 1.45. The summed E-state index contributed by atoms with van der Waals surface area (Å²) in [6.45, 7) is 4.63. The van der Waals surface area contributed by atoms with Crippen molar-refractivity contribution >= 4 is 5.97 Å². The third kappa shape index (κ3) is 3.32. The Balaban J connectivity index is 2.29. The molecule has 1 fully saturated rings. The summed E-state index contributed by atoms with van der Waals surface area (Å²) >= 11 is 0. The number of methoxy groups -OCH3 is 1. The molecule has 0 radical (unpaired) electrons. The fourth-order valence-corrected chi connectivity index (χ4v) is 1.45. The summed E-state index contributed by atoms with van der Waals surface area (Å²) < 4.78 is 5.67. The van der Waals surface area contributed by atoms with Crippen molar-refractivity contribution in [1.29, 1.82) is 0 Å². The number of likely N-dealkylation sites (N-methyl/N-ethyl adjacent to an activating group) is 1. The lowest BCUT2D eigenvalue weighted by Crippen LogP contribution is -2.55. The molecule has 1 rings (SSSR count). The van der Waals surface area contributed by atoms with Crippen LogP contribution in [0.5, 0.6) is 0 Å². The molecule has 0 atom stereocenters. The van der Waals surface area contributed by atoms with Gasteiger partial charge in [0.25, 0.3) is 0 Å². The molecule has 4 nitrogen and oxygen atoms in total. The number of quaternary nitrogens is 1. The summed E-state index contributed by atoms with van der Waals surface area (Å²) in [5.41, 5.74) is 0. The average molecular weight is 187 g/mol. The second-order valence-corrected chi connectivity index (χ2v) is 4.24. The Kier molecular flexibility index (Phi) is 3.27. The van der Waals surface area contributed by atoms with Crippen molar-refractivity contribution in [2.75, 3.05) is 53.9 Å². The second-order valence-electron chi connectivity index (χ2n) is 4.24. The summed E-state index contributed by atoms with van der Waals surface area (Å²) in [5.74, 6) is -0.132. The maximum Gasteiger partial charge on any atom is 0.319 e. The third-order valence-electron chi connectivity index (χ3n) is 2.62. The summed E-state index contributed by atoms with van der Waals surface area (Å²) in [6.07, 6.45) is 0. The summed E-state index contributed by atoms with van der Waals surface area (Å²) in [5, 5.41) is 0. The molecule has 13 heavy (non-hydrogen) atoms. The molecular weight excluding hydrogens is 168 g/mol. The van der Waals surface area contributed by atoms with Crippen molar-refractivity contribution in [2.24, 2.45) is 0 Å². The van der Waals surface area contributed by atoms with Gasteiger partial charge in [0.2, 0.25) is 0 Å². The van der Waals surface area contributed by atoms with Crippen LogP contribution in [0.25, 0.3) is 0 Å². The van der Waals surface area contributed by atoms with Crippen LogP contribution in [0.4, 0.5) is 0 Å². The summed E-state index contributed by atoms with van der Waals surface area (Å²) in [6, 6.07) is 0. The molecule has 0 spiro atoms. The Morgan fingerprint density at radius 3 is 2.38 bits per heavy atom. The van der Waals surface area contributed by atoms with Crippen molar-refractivity contribution in [3.63, 3.8) is 0 Å². The number of carbonyl (C=O) groups excluding carboxylic acids is 1. The van der Waals surface area contributed by atoms with E-state index in [0.29, 0.717) is 6.54 Å². The maximum absolute atomic E-state index is 11.0. The van der Waals surface area contributed by atoms with Crippen LogP contribution in [-0.4, -0.2) is 69.3 Å². The van der Waals surface area contributed by atoms with Crippen LogP contribution in [0, 0.1) is 0 Å². The minimum atomic E-state index is -0.132. The molecule has 76 valence electrons. The van der Waals surface area contributed by atoms with Crippen LogP contribution >= 0.6 is 0 Å². The topological polar surface area (TPSA) is 29.5 Å². The minimum absolute atomic E-state index is 0.132. The molecule has 1 aliphatic rings. The summed E-state index contributed by atoms with van der Waals surface area (Å²) in [4.78, 5) is 13.1. The molecule has 1 saturated heterocycles. The van der Waals surface area contributed by atoms with Crippen molar-refractivity contribution < 1.29 is 14.0 Å². The van der Waals surface area contributed by atoms with Crippen molar-refractivity contribution in [3.8, 4) is 0 Å². The van der Waals surface area contributed by atoms with Crippen LogP contribution in [0.3, 0.4) is 0 Å². The predicted octanol–water partition coefficient (Wildman–Crippen LogP) is -0.449. The highest BCUT2D eigenvalue weighted by atomic mass is 16.5. The molecule has 0 aromatic heterocycles. The van der Waals surface area contributed by atoms with Crippen molar-refractivity contribution in [3.05, 3.63) is 0 Å². The van der Waals surface area contributed by atoms with Crippen molar-refractivity contribution in [1.82, 2.24) is 4.90 Å². The van der Waals surface area contributed by atoms with Gasteiger partial charge in [-0.3, -0.25) is 9.69 Å². The standard InChI is InChI=1S/C9H19N2O2/c1-11(2)6-4-10(5-7-11)8-9(12)13-3/h4-8H2,1-3H3/q+1. The highest BCUT2D eigenvalue weighted by molar-refractivity contribution is 5.71. The monoisotopic (exact) mass is 187 g/mol. The number of rotatable bonds is 2. The Hall–Kier alpha value is -0.610. The van der Waals surface area contributed by atoms with Crippen LogP contribution in [0.1, 0.15) is 0 Å². The highest BCUT2D eigenvalue weighted by Gasteiger charge is 2.25. The molecular formula is C9H19N2O2+. The van der Waals surface area contributed by atoms with E-state index in [4.69, 9.17) is 0 Å². The first-order chi connectivity index (χ1) is 6.03. The third-order valence-corrected chi connectivity index (χ3v) is 2.62. The van der Waals surface area contributed by atoms with Gasteiger partial charge in [-0.2, -0.15) is 0 Å². The second kappa shape index (κ2) is 4.07. The van der Waals surface area contributed by atoms with Gasteiger partial charge in [-0.1, -0.05) is 0 Å². The van der Waals surface area contributed by atoms with E-state index in [9.17, 15) is 4.79 Å². The van der Waals surface area contributed by atoms with Crippen LogP contribution < -0.4 is 0 Å². The van der Waals surface area contributed by atoms with Crippen LogP contribution in [0.2, 0.25) is 0 Å². The number of nitrogens with zero attached hydrogens (tertiary/aromatic N) is 2. The molecule has 0 N–H and O–H groups in total. The number of hydrogen-bond donors (Lipinski definition) is 0. The van der Waals surface area contributed by atoms with Crippen LogP contribution in [-0.2, 0) is 9.53 Å². The zero-order valence-corrected chi connectivity index (χ0v) is 8.75. The first kappa shape index (κ1) is 10.5. The highest BCUT2D eigenvalue weighted by Crippen LogP contribution is 2.05. The maximum atomic E-state index is 11.0. The van der Waals surface area contributed by atoms with Gasteiger partial charge < -0.3 is 9.22 Å². The molecule has 1 aliphatic heterocycles. The zero-order chi connectivity index (χ0) is 9.90. The smallest absolute Gasteiger partial charge is 0.319 e. The zero-order valence-electron chi connectivity index (χ0n) is 8.75. The van der Waals surface area contributed by atoms with Gasteiger partial charge in [-0.15, -0.1) is 0 Å². The van der Waals surface area contributed by atoms with Gasteiger partial charge in [0, 0.05) is 13.1 Å². The molecule has 1 heterocycles. The first-order valence-electron chi connectivity index (χ1n) is 4.65. The van der Waals surface area contributed by atoms with E-state index in [0.717, 1.165) is 30.7 Å². The van der Waals surface area contributed by atoms with Crippen LogP contribution in [0.15, 0.2) is 0 Å². The Morgan fingerprint density at radius 2 is 1.92 bits per heavy atom. The van der Waals surface area contributed by atoms with Crippen molar-refractivity contribution in [2.45, 2.75) is 0 Å². The van der Waals surface area contributed by atoms with E-state index in [1.54, 1.807) is 0 Å². The lowest BCUT2D eigenvalue weighted by atomic mass is 10.3. The van der Waals surface area contributed by atoms with E-state index >= 15 is 0 Å². The van der Waals surface area contributed by atoms with Gasteiger partial charge >= 0.3 is 5.97 Å².